The van der Waals surface area contributed by atoms with E-state index in [0.29, 0.717) is 0 Å². The number of nitrogens with zero attached hydrogens (tertiary/aromatic N) is 1. The number of benzene rings is 2. The van der Waals surface area contributed by atoms with Crippen molar-refractivity contribution in [1.29, 1.82) is 0 Å². The van der Waals surface area contributed by atoms with E-state index in [-0.39, 0.29) is 11.4 Å². The number of hydrogen-bond acceptors (Lipinski definition) is 5. The second kappa shape index (κ2) is 9.34. The van der Waals surface area contributed by atoms with Gasteiger partial charge in [-0.3, -0.25) is 4.99 Å². The fourth-order valence-corrected chi connectivity index (χ4v) is 6.73. The molecule has 1 aliphatic rings. The molecule has 2 N–H and O–H groups in total. The summed E-state index contributed by atoms with van der Waals surface area (Å²) in [6, 6.07) is 15.3. The van der Waals surface area contributed by atoms with Gasteiger partial charge in [-0.2, -0.15) is 0 Å². The highest BCUT2D eigenvalue weighted by atomic mass is 32.2. The van der Waals surface area contributed by atoms with Crippen molar-refractivity contribution in [2.75, 3.05) is 18.6 Å². The zero-order valence-electron chi connectivity index (χ0n) is 16.7. The van der Waals surface area contributed by atoms with Gasteiger partial charge in [-0.25, -0.2) is 4.39 Å². The summed E-state index contributed by atoms with van der Waals surface area (Å²) in [4.78, 5) is 10.8. The maximum Gasteiger partial charge on any atom is 0.138 e. The topological polar surface area (TPSA) is 40.2 Å². The van der Waals surface area contributed by atoms with Gasteiger partial charge in [0, 0.05) is 46.0 Å². The molecule has 8 heteroatoms. The van der Waals surface area contributed by atoms with Gasteiger partial charge in [0.05, 0.1) is 10.6 Å². The minimum atomic E-state index is -0.218. The molecule has 2 heterocycles. The maximum absolute atomic E-state index is 13.5. The number of H-pyrrole nitrogens is 1. The van der Waals surface area contributed by atoms with E-state index in [0.717, 1.165) is 38.8 Å². The van der Waals surface area contributed by atoms with Gasteiger partial charge in [-0.15, -0.1) is 23.5 Å². The number of thioether (sulfide) groups is 3. The second-order valence-electron chi connectivity index (χ2n) is 7.37. The monoisotopic (exact) mass is 475 g/mol. The average Bonchev–Trinajstić information content (AvgIpc) is 3.29. The fourth-order valence-electron chi connectivity index (χ4n) is 3.38. The summed E-state index contributed by atoms with van der Waals surface area (Å²) in [5, 5.41) is 5.22. The van der Waals surface area contributed by atoms with Gasteiger partial charge in [0.25, 0.3) is 0 Å². The first-order valence-electron chi connectivity index (χ1n) is 9.54. The first-order chi connectivity index (χ1) is 14.4. The summed E-state index contributed by atoms with van der Waals surface area (Å²) >= 11 is 10.5. The van der Waals surface area contributed by atoms with Crippen molar-refractivity contribution in [3.63, 3.8) is 0 Å². The molecule has 3 nitrogen and oxygen atoms in total. The molecule has 1 atom stereocenters. The second-order valence-corrected chi connectivity index (χ2v) is 11.2. The Bertz CT molecular complexity index is 1110. The van der Waals surface area contributed by atoms with E-state index in [1.807, 2.05) is 30.9 Å². The van der Waals surface area contributed by atoms with Crippen LogP contribution >= 0.6 is 47.5 Å². The van der Waals surface area contributed by atoms with E-state index in [2.05, 4.69) is 41.5 Å². The van der Waals surface area contributed by atoms with Crippen LogP contribution in [-0.2, 0) is 6.42 Å². The van der Waals surface area contributed by atoms with E-state index in [9.17, 15) is 4.39 Å². The van der Waals surface area contributed by atoms with Crippen LogP contribution in [0.3, 0.4) is 0 Å². The van der Waals surface area contributed by atoms with E-state index in [1.54, 1.807) is 29.6 Å². The number of halogens is 1. The SMILES string of the molecule is CNC(=S)Sc1ccccc1SCC1=NC(C)(Cc2cc3ccc(F)cc3[nH]2)CS1. The zero-order chi connectivity index (χ0) is 21.1. The molecule has 0 amide bonds. The zero-order valence-corrected chi connectivity index (χ0v) is 20.0. The lowest BCUT2D eigenvalue weighted by Gasteiger charge is -2.18. The minimum Gasteiger partial charge on any atom is -0.374 e. The molecule has 1 aromatic heterocycles. The Balaban J connectivity index is 1.42. The van der Waals surface area contributed by atoms with Crippen molar-refractivity contribution in [2.24, 2.45) is 4.99 Å². The molecule has 0 bridgehead atoms. The molecular weight excluding hydrogens is 454 g/mol. The van der Waals surface area contributed by atoms with Crippen LogP contribution in [0.15, 0.2) is 63.3 Å². The maximum atomic E-state index is 13.5. The Kier molecular flexibility index (Phi) is 6.77. The highest BCUT2D eigenvalue weighted by Gasteiger charge is 2.31. The minimum absolute atomic E-state index is 0.151. The molecule has 1 aliphatic heterocycles. The molecule has 0 spiro atoms. The number of rotatable bonds is 6. The number of hydrogen-bond donors (Lipinski definition) is 2. The Morgan fingerprint density at radius 2 is 2.07 bits per heavy atom. The van der Waals surface area contributed by atoms with Gasteiger partial charge < -0.3 is 10.3 Å². The van der Waals surface area contributed by atoms with Crippen molar-refractivity contribution >= 4 is 67.8 Å². The highest BCUT2D eigenvalue weighted by molar-refractivity contribution is 8.23. The Morgan fingerprint density at radius 3 is 2.87 bits per heavy atom. The van der Waals surface area contributed by atoms with Gasteiger partial charge in [0.1, 0.15) is 10.1 Å². The quantitative estimate of drug-likeness (QED) is 0.331. The number of aromatic nitrogens is 1. The van der Waals surface area contributed by atoms with E-state index >= 15 is 0 Å². The molecule has 1 unspecified atom stereocenters. The summed E-state index contributed by atoms with van der Waals surface area (Å²) in [7, 11) is 1.85. The normalized spacial score (nSPS) is 18.6. The Labute approximate surface area is 194 Å². The van der Waals surface area contributed by atoms with Crippen LogP contribution < -0.4 is 5.32 Å². The molecule has 0 aliphatic carbocycles. The predicted octanol–water partition coefficient (Wildman–Crippen LogP) is 6.14. The van der Waals surface area contributed by atoms with Crippen molar-refractivity contribution in [1.82, 2.24) is 10.3 Å². The molecule has 2 aromatic carbocycles. The van der Waals surface area contributed by atoms with Gasteiger partial charge in [-0.1, -0.05) is 36.1 Å². The first kappa shape index (κ1) is 21.7. The predicted molar refractivity (Wildman–Crippen MR) is 135 cm³/mol. The molecular formula is C22H22FN3S4. The molecule has 3 aromatic rings. The third-order valence-corrected chi connectivity index (χ3v) is 8.91. The van der Waals surface area contributed by atoms with Crippen LogP contribution in [-0.4, -0.2) is 38.4 Å². The Morgan fingerprint density at radius 1 is 1.27 bits per heavy atom. The molecule has 4 rings (SSSR count). The molecule has 0 fully saturated rings. The Hall–Kier alpha value is -1.48. The smallest absolute Gasteiger partial charge is 0.138 e. The van der Waals surface area contributed by atoms with Gasteiger partial charge in [-0.05, 0) is 48.7 Å². The van der Waals surface area contributed by atoms with Crippen LogP contribution in [0.2, 0.25) is 0 Å². The molecule has 0 radical (unpaired) electrons. The lowest BCUT2D eigenvalue weighted by molar-refractivity contribution is 0.533. The van der Waals surface area contributed by atoms with Crippen molar-refractivity contribution in [3.8, 4) is 0 Å². The summed E-state index contributed by atoms with van der Waals surface area (Å²) < 4.78 is 14.2. The van der Waals surface area contributed by atoms with Crippen LogP contribution in [0.4, 0.5) is 4.39 Å². The van der Waals surface area contributed by atoms with Gasteiger partial charge in [0.15, 0.2) is 0 Å². The van der Waals surface area contributed by atoms with Gasteiger partial charge >= 0.3 is 0 Å². The lowest BCUT2D eigenvalue weighted by atomic mass is 9.99. The molecule has 0 saturated heterocycles. The number of nitrogens with one attached hydrogen (secondary N) is 2. The standard InChI is InChI=1S/C22H22FN3S4/c1-22(11-16-9-14-7-8-15(23)10-17(14)25-16)13-29-20(26-22)12-28-18-5-3-4-6-19(18)30-21(27)24-2/h3-10,25H,11-13H2,1-2H3,(H,24,27). The lowest BCUT2D eigenvalue weighted by Crippen LogP contribution is -2.25. The first-order valence-corrected chi connectivity index (χ1v) is 12.7. The number of fused-ring (bicyclic) bond motifs is 1. The number of thiocarbonyl (C=S) groups is 1. The van der Waals surface area contributed by atoms with Crippen molar-refractivity contribution < 1.29 is 4.39 Å². The van der Waals surface area contributed by atoms with Crippen LogP contribution in [0.5, 0.6) is 0 Å². The van der Waals surface area contributed by atoms with Crippen molar-refractivity contribution in [3.05, 3.63) is 60.0 Å². The summed E-state index contributed by atoms with van der Waals surface area (Å²) in [5.41, 5.74) is 1.79. The largest absolute Gasteiger partial charge is 0.374 e. The summed E-state index contributed by atoms with van der Waals surface area (Å²) in [6.45, 7) is 2.19. The van der Waals surface area contributed by atoms with Crippen molar-refractivity contribution in [2.45, 2.75) is 28.7 Å². The van der Waals surface area contributed by atoms with E-state index < -0.39 is 0 Å². The summed E-state index contributed by atoms with van der Waals surface area (Å²) in [6.07, 6.45) is 0.813. The number of aromatic amines is 1. The molecule has 156 valence electrons. The highest BCUT2D eigenvalue weighted by Crippen LogP contribution is 2.36. The fraction of sp³-hybridized carbons (Fsp3) is 0.273. The van der Waals surface area contributed by atoms with Crippen LogP contribution in [0.1, 0.15) is 12.6 Å². The third kappa shape index (κ3) is 5.22. The summed E-state index contributed by atoms with van der Waals surface area (Å²) in [5.74, 6) is 1.58. The molecule has 0 saturated carbocycles. The van der Waals surface area contributed by atoms with Crippen LogP contribution in [0, 0.1) is 5.82 Å². The van der Waals surface area contributed by atoms with Gasteiger partial charge in [0.2, 0.25) is 0 Å². The van der Waals surface area contributed by atoms with E-state index in [4.69, 9.17) is 17.2 Å². The molecule has 30 heavy (non-hydrogen) atoms. The average molecular weight is 476 g/mol. The third-order valence-electron chi connectivity index (χ3n) is 4.76. The number of aliphatic imine (C=N–C) groups is 1. The van der Waals surface area contributed by atoms with E-state index in [1.165, 1.54) is 20.9 Å². The van der Waals surface area contributed by atoms with Crippen LogP contribution in [0.25, 0.3) is 10.9 Å².